The van der Waals surface area contributed by atoms with Gasteiger partial charge in [0.25, 0.3) is 0 Å². The van der Waals surface area contributed by atoms with Crippen LogP contribution in [0.5, 0.6) is 0 Å². The number of aliphatic carboxylic acids is 1. The first-order valence-corrected chi connectivity index (χ1v) is 4.99. The summed E-state index contributed by atoms with van der Waals surface area (Å²) in [4.78, 5) is 21.1. The van der Waals surface area contributed by atoms with E-state index in [0.29, 0.717) is 12.5 Å². The van der Waals surface area contributed by atoms with Crippen molar-refractivity contribution in [3.63, 3.8) is 0 Å². The van der Waals surface area contributed by atoms with Gasteiger partial charge >= 0.3 is 12.0 Å². The Bertz CT molecular complexity index is 228. The van der Waals surface area contributed by atoms with Gasteiger partial charge in [-0.05, 0) is 18.8 Å². The van der Waals surface area contributed by atoms with Crippen LogP contribution in [0.1, 0.15) is 12.8 Å². The lowest BCUT2D eigenvalue weighted by molar-refractivity contribution is -0.142. The van der Waals surface area contributed by atoms with Crippen LogP contribution in [0.4, 0.5) is 4.79 Å². The summed E-state index contributed by atoms with van der Waals surface area (Å²) in [5.41, 5.74) is 0. The summed E-state index contributed by atoms with van der Waals surface area (Å²) in [7, 11) is 0. The lowest BCUT2D eigenvalue weighted by Crippen LogP contribution is -2.38. The molecule has 3 N–H and O–H groups in total. The van der Waals surface area contributed by atoms with Gasteiger partial charge in [0.1, 0.15) is 6.61 Å². The summed E-state index contributed by atoms with van der Waals surface area (Å²) < 4.78 is 4.74. The second-order valence-corrected chi connectivity index (χ2v) is 3.53. The third kappa shape index (κ3) is 6.73. The third-order valence-electron chi connectivity index (χ3n) is 2.01. The lowest BCUT2D eigenvalue weighted by Gasteiger charge is -2.06. The Morgan fingerprint density at radius 3 is 2.67 bits per heavy atom. The number of carboxylic acid groups (broad SMARTS) is 1. The molecule has 6 heteroatoms. The quantitative estimate of drug-likeness (QED) is 0.514. The summed E-state index contributed by atoms with van der Waals surface area (Å²) in [6.45, 7) is 0.931. The number of rotatable bonds is 7. The van der Waals surface area contributed by atoms with E-state index in [9.17, 15) is 9.59 Å². The molecule has 1 rings (SSSR count). The molecule has 86 valence electrons. The molecule has 0 spiro atoms. The van der Waals surface area contributed by atoms with Crippen LogP contribution in [0.3, 0.4) is 0 Å². The number of carbonyl (C=O) groups is 2. The first kappa shape index (κ1) is 11.8. The average molecular weight is 216 g/mol. The molecule has 0 aromatic heterocycles. The van der Waals surface area contributed by atoms with Crippen molar-refractivity contribution in [3.8, 4) is 0 Å². The molecule has 0 radical (unpaired) electrons. The molecule has 1 saturated carbocycles. The van der Waals surface area contributed by atoms with Crippen LogP contribution in [-0.2, 0) is 9.53 Å². The van der Waals surface area contributed by atoms with Gasteiger partial charge in [0.2, 0.25) is 0 Å². The van der Waals surface area contributed by atoms with Crippen molar-refractivity contribution in [2.45, 2.75) is 12.8 Å². The monoisotopic (exact) mass is 216 g/mol. The number of urea groups is 1. The number of ether oxygens (including phenoxy) is 1. The van der Waals surface area contributed by atoms with E-state index in [1.807, 2.05) is 0 Å². The standard InChI is InChI=1S/C9H16N2O4/c12-8(13)6-15-4-3-10-9(14)11-5-7-1-2-7/h7H,1-6H2,(H,12,13)(H2,10,11,14). The number of amides is 2. The Kier molecular flexibility index (Phi) is 4.89. The van der Waals surface area contributed by atoms with Crippen LogP contribution in [0.25, 0.3) is 0 Å². The van der Waals surface area contributed by atoms with Crippen molar-refractivity contribution in [1.29, 1.82) is 0 Å². The maximum atomic E-state index is 11.1. The molecule has 1 aliphatic rings. The number of nitrogens with one attached hydrogen (secondary N) is 2. The van der Waals surface area contributed by atoms with Crippen molar-refractivity contribution >= 4 is 12.0 Å². The van der Waals surface area contributed by atoms with E-state index in [-0.39, 0.29) is 19.2 Å². The van der Waals surface area contributed by atoms with E-state index in [4.69, 9.17) is 9.84 Å². The molecular weight excluding hydrogens is 200 g/mol. The molecule has 0 heterocycles. The number of carboxylic acids is 1. The van der Waals surface area contributed by atoms with Crippen LogP contribution >= 0.6 is 0 Å². The van der Waals surface area contributed by atoms with Crippen LogP contribution in [-0.4, -0.2) is 43.4 Å². The van der Waals surface area contributed by atoms with Gasteiger partial charge in [-0.25, -0.2) is 9.59 Å². The fraction of sp³-hybridized carbons (Fsp3) is 0.778. The Hall–Kier alpha value is -1.30. The molecule has 0 atom stereocenters. The molecule has 15 heavy (non-hydrogen) atoms. The van der Waals surface area contributed by atoms with Gasteiger partial charge in [-0.2, -0.15) is 0 Å². The zero-order chi connectivity index (χ0) is 11.1. The van der Waals surface area contributed by atoms with E-state index in [0.717, 1.165) is 6.54 Å². The topological polar surface area (TPSA) is 87.7 Å². The molecule has 0 unspecified atom stereocenters. The minimum atomic E-state index is -1.01. The molecule has 1 aliphatic carbocycles. The van der Waals surface area contributed by atoms with E-state index >= 15 is 0 Å². The first-order chi connectivity index (χ1) is 7.18. The Morgan fingerprint density at radius 1 is 1.33 bits per heavy atom. The summed E-state index contributed by atoms with van der Waals surface area (Å²) in [6, 6.07) is -0.221. The molecule has 0 bridgehead atoms. The largest absolute Gasteiger partial charge is 0.480 e. The van der Waals surface area contributed by atoms with Gasteiger partial charge in [0, 0.05) is 13.1 Å². The highest BCUT2D eigenvalue weighted by Crippen LogP contribution is 2.27. The highest BCUT2D eigenvalue weighted by atomic mass is 16.5. The predicted octanol–water partition coefficient (Wildman–Crippen LogP) is -0.203. The van der Waals surface area contributed by atoms with Crippen LogP contribution < -0.4 is 10.6 Å². The van der Waals surface area contributed by atoms with Crippen LogP contribution in [0.2, 0.25) is 0 Å². The average Bonchev–Trinajstić information content (AvgIpc) is 2.97. The molecule has 6 nitrogen and oxygen atoms in total. The molecular formula is C9H16N2O4. The summed E-state index contributed by atoms with van der Waals surface area (Å²) in [5.74, 6) is -0.354. The van der Waals surface area contributed by atoms with Gasteiger partial charge in [0.15, 0.2) is 0 Å². The molecule has 0 saturated heterocycles. The lowest BCUT2D eigenvalue weighted by atomic mass is 10.4. The van der Waals surface area contributed by atoms with Crippen molar-refractivity contribution in [2.75, 3.05) is 26.3 Å². The highest BCUT2D eigenvalue weighted by molar-refractivity contribution is 5.73. The maximum Gasteiger partial charge on any atom is 0.329 e. The van der Waals surface area contributed by atoms with E-state index < -0.39 is 5.97 Å². The second-order valence-electron chi connectivity index (χ2n) is 3.53. The molecule has 0 aromatic carbocycles. The smallest absolute Gasteiger partial charge is 0.329 e. The van der Waals surface area contributed by atoms with Gasteiger partial charge in [-0.15, -0.1) is 0 Å². The third-order valence-corrected chi connectivity index (χ3v) is 2.01. The Labute approximate surface area is 88.0 Å². The molecule has 1 fully saturated rings. The molecule has 2 amide bonds. The van der Waals surface area contributed by atoms with Crippen molar-refractivity contribution < 1.29 is 19.4 Å². The first-order valence-electron chi connectivity index (χ1n) is 4.99. The molecule has 0 aromatic rings. The van der Waals surface area contributed by atoms with E-state index in [1.54, 1.807) is 0 Å². The van der Waals surface area contributed by atoms with E-state index in [2.05, 4.69) is 10.6 Å². The number of hydrogen-bond acceptors (Lipinski definition) is 3. The minimum absolute atomic E-state index is 0.211. The van der Waals surface area contributed by atoms with Gasteiger partial charge < -0.3 is 20.5 Å². The van der Waals surface area contributed by atoms with Crippen molar-refractivity contribution in [2.24, 2.45) is 5.92 Å². The Morgan fingerprint density at radius 2 is 2.07 bits per heavy atom. The number of hydrogen-bond donors (Lipinski definition) is 3. The normalized spacial score (nSPS) is 14.7. The van der Waals surface area contributed by atoms with Crippen LogP contribution in [0, 0.1) is 5.92 Å². The zero-order valence-electron chi connectivity index (χ0n) is 8.49. The maximum absolute atomic E-state index is 11.1. The summed E-state index contributed by atoms with van der Waals surface area (Å²) in [5, 5.41) is 13.5. The highest BCUT2D eigenvalue weighted by Gasteiger charge is 2.21. The van der Waals surface area contributed by atoms with Crippen molar-refractivity contribution in [1.82, 2.24) is 10.6 Å². The number of carbonyl (C=O) groups excluding carboxylic acids is 1. The SMILES string of the molecule is O=C(O)COCCNC(=O)NCC1CC1. The fourth-order valence-electron chi connectivity index (χ4n) is 1.02. The minimum Gasteiger partial charge on any atom is -0.480 e. The zero-order valence-corrected chi connectivity index (χ0v) is 8.49. The predicted molar refractivity (Wildman–Crippen MR) is 52.6 cm³/mol. The summed E-state index contributed by atoms with van der Waals surface area (Å²) in [6.07, 6.45) is 2.39. The van der Waals surface area contributed by atoms with Gasteiger partial charge in [-0.3, -0.25) is 0 Å². The van der Waals surface area contributed by atoms with Gasteiger partial charge in [0.05, 0.1) is 6.61 Å². The van der Waals surface area contributed by atoms with Crippen LogP contribution in [0.15, 0.2) is 0 Å². The van der Waals surface area contributed by atoms with E-state index in [1.165, 1.54) is 12.8 Å². The van der Waals surface area contributed by atoms with Gasteiger partial charge in [-0.1, -0.05) is 0 Å². The second kappa shape index (κ2) is 6.23. The Balaban J connectivity index is 1.85. The molecule has 0 aliphatic heterocycles. The summed E-state index contributed by atoms with van der Waals surface area (Å²) >= 11 is 0. The van der Waals surface area contributed by atoms with Crippen molar-refractivity contribution in [3.05, 3.63) is 0 Å². The fourth-order valence-corrected chi connectivity index (χ4v) is 1.02.